The molecule has 0 spiro atoms. The molecular weight excluding hydrogens is 529 g/mol. The number of benzene rings is 3. The van der Waals surface area contributed by atoms with E-state index in [2.05, 4.69) is 36.6 Å². The van der Waals surface area contributed by atoms with Crippen molar-refractivity contribution >= 4 is 39.9 Å². The molecule has 6 rings (SSSR count). The highest BCUT2D eigenvalue weighted by molar-refractivity contribution is 7.98. The first kappa shape index (κ1) is 25.4. The van der Waals surface area contributed by atoms with Crippen molar-refractivity contribution in [3.05, 3.63) is 106 Å². The lowest BCUT2D eigenvalue weighted by Gasteiger charge is -2.41. The van der Waals surface area contributed by atoms with Gasteiger partial charge in [-0.25, -0.2) is 8.78 Å². The van der Waals surface area contributed by atoms with Gasteiger partial charge in [-0.2, -0.15) is 5.26 Å². The minimum atomic E-state index is -0.915. The number of rotatable bonds is 6. The standard InChI is InChI=1S/C32H25F2N3S2/c1-19(2)22-17-36(18-22)23-6-4-5-21(13-23)32-31(25-11-12-38-30(25)16-35)26-14-27(33)28(34)15-29(26)37(32)39-24-9-7-20(3)8-10-24/h4-15,22H,1,17-18H2,2-3H3. The van der Waals surface area contributed by atoms with E-state index in [-0.39, 0.29) is 0 Å². The smallest absolute Gasteiger partial charge is 0.160 e. The molecule has 1 aliphatic heterocycles. The number of nitrogens with zero attached hydrogens (tertiary/aromatic N) is 3. The summed E-state index contributed by atoms with van der Waals surface area (Å²) in [6, 6.07) is 23.1. The summed E-state index contributed by atoms with van der Waals surface area (Å²) in [6.07, 6.45) is 0. The molecule has 0 aliphatic carbocycles. The van der Waals surface area contributed by atoms with Gasteiger partial charge < -0.3 is 4.90 Å². The summed E-state index contributed by atoms with van der Waals surface area (Å²) >= 11 is 2.80. The highest BCUT2D eigenvalue weighted by Gasteiger charge is 2.29. The summed E-state index contributed by atoms with van der Waals surface area (Å²) in [6.45, 7) is 10.0. The highest BCUT2D eigenvalue weighted by Crippen LogP contribution is 2.47. The summed E-state index contributed by atoms with van der Waals surface area (Å²) in [4.78, 5) is 3.81. The number of anilines is 1. The molecule has 0 bridgehead atoms. The van der Waals surface area contributed by atoms with Gasteiger partial charge in [-0.3, -0.25) is 3.97 Å². The molecular formula is C32H25F2N3S2. The molecule has 0 N–H and O–H groups in total. The third-order valence-corrected chi connectivity index (χ3v) is 9.15. The van der Waals surface area contributed by atoms with Gasteiger partial charge in [0.05, 0.1) is 11.2 Å². The summed E-state index contributed by atoms with van der Waals surface area (Å²) in [5.41, 5.74) is 7.10. The topological polar surface area (TPSA) is 32.0 Å². The Hall–Kier alpha value is -3.86. The van der Waals surface area contributed by atoms with Crippen LogP contribution in [0.2, 0.25) is 0 Å². The Labute approximate surface area is 234 Å². The Balaban J connectivity index is 1.61. The molecule has 3 nitrogen and oxygen atoms in total. The fourth-order valence-corrected chi connectivity index (χ4v) is 6.73. The van der Waals surface area contributed by atoms with E-state index in [9.17, 15) is 14.0 Å². The highest BCUT2D eigenvalue weighted by atomic mass is 32.2. The fourth-order valence-electron chi connectivity index (χ4n) is 5.03. The van der Waals surface area contributed by atoms with Crippen LogP contribution >= 0.6 is 23.3 Å². The molecule has 2 aromatic heterocycles. The van der Waals surface area contributed by atoms with Gasteiger partial charge >= 0.3 is 0 Å². The largest absolute Gasteiger partial charge is 0.370 e. The lowest BCUT2D eigenvalue weighted by Crippen LogP contribution is -2.47. The Morgan fingerprint density at radius 1 is 1.05 bits per heavy atom. The maximum absolute atomic E-state index is 14.7. The van der Waals surface area contributed by atoms with Gasteiger partial charge in [-0.05, 0) is 67.6 Å². The van der Waals surface area contributed by atoms with Crippen LogP contribution in [0.4, 0.5) is 14.5 Å². The first-order chi connectivity index (χ1) is 18.8. The molecule has 0 atom stereocenters. The zero-order chi connectivity index (χ0) is 27.3. The number of aryl methyl sites for hydroxylation is 1. The normalized spacial score (nSPS) is 13.5. The van der Waals surface area contributed by atoms with E-state index in [0.29, 0.717) is 27.3 Å². The van der Waals surface area contributed by atoms with Crippen LogP contribution in [-0.2, 0) is 0 Å². The van der Waals surface area contributed by atoms with E-state index in [4.69, 9.17) is 0 Å². The summed E-state index contributed by atoms with van der Waals surface area (Å²) in [5.74, 6) is -1.35. The van der Waals surface area contributed by atoms with Crippen molar-refractivity contribution in [2.45, 2.75) is 18.7 Å². The van der Waals surface area contributed by atoms with Crippen LogP contribution in [-0.4, -0.2) is 17.1 Å². The second-order valence-electron chi connectivity index (χ2n) is 9.98. The SMILES string of the molecule is C=C(C)C1CN(c2cccc(-c3c(-c4ccsc4C#N)c4cc(F)c(F)cc4n3Sc3ccc(C)cc3)c2)C1. The second kappa shape index (κ2) is 10.0. The van der Waals surface area contributed by atoms with Gasteiger partial charge in [0.25, 0.3) is 0 Å². The number of aromatic nitrogens is 1. The van der Waals surface area contributed by atoms with Crippen molar-refractivity contribution in [1.29, 1.82) is 5.26 Å². The Morgan fingerprint density at radius 2 is 1.79 bits per heavy atom. The van der Waals surface area contributed by atoms with Crippen LogP contribution in [0.5, 0.6) is 0 Å². The molecule has 194 valence electrons. The summed E-state index contributed by atoms with van der Waals surface area (Å²) in [5, 5.41) is 12.3. The van der Waals surface area contributed by atoms with E-state index in [0.717, 1.165) is 46.1 Å². The van der Waals surface area contributed by atoms with Gasteiger partial charge in [-0.1, -0.05) is 42.0 Å². The van der Waals surface area contributed by atoms with Crippen molar-refractivity contribution in [1.82, 2.24) is 3.97 Å². The second-order valence-corrected chi connectivity index (χ2v) is 11.9. The molecule has 0 amide bonds. The first-order valence-corrected chi connectivity index (χ1v) is 14.3. The molecule has 3 heterocycles. The van der Waals surface area contributed by atoms with Crippen molar-refractivity contribution in [2.24, 2.45) is 5.92 Å². The van der Waals surface area contributed by atoms with E-state index >= 15 is 0 Å². The van der Waals surface area contributed by atoms with E-state index in [1.165, 1.54) is 41.0 Å². The zero-order valence-corrected chi connectivity index (χ0v) is 23.2. The number of hydrogen-bond acceptors (Lipinski definition) is 4. The molecule has 5 aromatic rings. The van der Waals surface area contributed by atoms with Gasteiger partial charge in [0, 0.05) is 57.7 Å². The van der Waals surface area contributed by atoms with Gasteiger partial charge in [0.2, 0.25) is 0 Å². The van der Waals surface area contributed by atoms with Crippen LogP contribution < -0.4 is 4.90 Å². The minimum Gasteiger partial charge on any atom is -0.370 e. The number of hydrogen-bond donors (Lipinski definition) is 0. The maximum Gasteiger partial charge on any atom is 0.160 e. The van der Waals surface area contributed by atoms with Crippen molar-refractivity contribution in [3.8, 4) is 28.5 Å². The molecule has 1 aliphatic rings. The van der Waals surface area contributed by atoms with Crippen LogP contribution in [0, 0.1) is 35.8 Å². The van der Waals surface area contributed by atoms with E-state index in [1.807, 2.05) is 58.7 Å². The predicted octanol–water partition coefficient (Wildman–Crippen LogP) is 9.06. The molecule has 3 aromatic carbocycles. The predicted molar refractivity (Wildman–Crippen MR) is 158 cm³/mol. The lowest BCUT2D eigenvalue weighted by molar-refractivity contribution is 0.471. The van der Waals surface area contributed by atoms with Crippen molar-refractivity contribution < 1.29 is 8.78 Å². The average molecular weight is 554 g/mol. The molecule has 0 saturated carbocycles. The average Bonchev–Trinajstić information content (AvgIpc) is 3.47. The number of fused-ring (bicyclic) bond motifs is 1. The maximum atomic E-state index is 14.7. The molecule has 0 radical (unpaired) electrons. The Bertz CT molecular complexity index is 1770. The number of halogens is 2. The monoisotopic (exact) mass is 553 g/mol. The summed E-state index contributed by atoms with van der Waals surface area (Å²) < 4.78 is 31.4. The lowest BCUT2D eigenvalue weighted by atomic mass is 9.92. The van der Waals surface area contributed by atoms with Gasteiger partial charge in [-0.15, -0.1) is 11.3 Å². The molecule has 7 heteroatoms. The van der Waals surface area contributed by atoms with E-state index < -0.39 is 11.6 Å². The first-order valence-electron chi connectivity index (χ1n) is 12.6. The van der Waals surface area contributed by atoms with Crippen LogP contribution in [0.1, 0.15) is 17.4 Å². The van der Waals surface area contributed by atoms with Gasteiger partial charge in [0.15, 0.2) is 11.6 Å². The molecule has 39 heavy (non-hydrogen) atoms. The third kappa shape index (κ3) is 4.54. The van der Waals surface area contributed by atoms with Crippen molar-refractivity contribution in [3.63, 3.8) is 0 Å². The number of thiophene rings is 1. The molecule has 1 saturated heterocycles. The van der Waals surface area contributed by atoms with Crippen molar-refractivity contribution in [2.75, 3.05) is 18.0 Å². The number of nitriles is 1. The molecule has 0 unspecified atom stereocenters. The zero-order valence-electron chi connectivity index (χ0n) is 21.5. The fraction of sp³-hybridized carbons (Fsp3) is 0.156. The Morgan fingerprint density at radius 3 is 2.51 bits per heavy atom. The molecule has 1 fully saturated rings. The van der Waals surface area contributed by atoms with Crippen LogP contribution in [0.15, 0.2) is 89.2 Å². The summed E-state index contributed by atoms with van der Waals surface area (Å²) in [7, 11) is 0. The van der Waals surface area contributed by atoms with E-state index in [1.54, 1.807) is 0 Å². The van der Waals surface area contributed by atoms with Gasteiger partial charge in [0.1, 0.15) is 10.9 Å². The third-order valence-electron chi connectivity index (χ3n) is 7.28. The minimum absolute atomic E-state index is 0.475. The van der Waals surface area contributed by atoms with Crippen LogP contribution in [0.3, 0.4) is 0 Å². The quantitative estimate of drug-likeness (QED) is 0.197. The van der Waals surface area contributed by atoms with Crippen LogP contribution in [0.25, 0.3) is 33.3 Å². The Kier molecular flexibility index (Phi) is 6.54.